The summed E-state index contributed by atoms with van der Waals surface area (Å²) >= 11 is 8.61. The molecule has 0 radical (unpaired) electrons. The molecule has 1 atom stereocenters. The van der Waals surface area contributed by atoms with E-state index < -0.39 is 0 Å². The van der Waals surface area contributed by atoms with Gasteiger partial charge < -0.3 is 1.43 Å². The predicted octanol–water partition coefficient (Wildman–Crippen LogP) is 0.0939. The first-order chi connectivity index (χ1) is 5.34. The first-order valence-corrected chi connectivity index (χ1v) is 4.83. The van der Waals surface area contributed by atoms with Crippen molar-refractivity contribution in [2.24, 2.45) is 0 Å². The SMILES string of the molecule is SCCC(S)c1ccccc1.[H-].[Na+]. The minimum Gasteiger partial charge on any atom is -1.00 e. The van der Waals surface area contributed by atoms with E-state index >= 15 is 0 Å². The molecule has 0 heterocycles. The van der Waals surface area contributed by atoms with E-state index in [1.165, 1.54) is 5.56 Å². The van der Waals surface area contributed by atoms with Crippen molar-refractivity contribution in [3.8, 4) is 0 Å². The number of benzene rings is 1. The van der Waals surface area contributed by atoms with Gasteiger partial charge in [0.25, 0.3) is 0 Å². The van der Waals surface area contributed by atoms with E-state index in [0.29, 0.717) is 5.25 Å². The second-order valence-corrected chi connectivity index (χ2v) is 3.51. The molecule has 0 saturated heterocycles. The monoisotopic (exact) mass is 208 g/mol. The fraction of sp³-hybridized carbons (Fsp3) is 0.333. The minimum absolute atomic E-state index is 0. The third-order valence-corrected chi connectivity index (χ3v) is 2.40. The minimum atomic E-state index is 0. The molecule has 0 amide bonds. The molecule has 1 aromatic rings. The summed E-state index contributed by atoms with van der Waals surface area (Å²) in [5, 5.41) is 0.341. The Morgan fingerprint density at radius 1 is 1.25 bits per heavy atom. The Morgan fingerprint density at radius 2 is 1.83 bits per heavy atom. The van der Waals surface area contributed by atoms with Crippen molar-refractivity contribution in [3.63, 3.8) is 0 Å². The molecule has 0 bridgehead atoms. The summed E-state index contributed by atoms with van der Waals surface area (Å²) in [6.45, 7) is 0. The van der Waals surface area contributed by atoms with Gasteiger partial charge in [0.2, 0.25) is 0 Å². The largest absolute Gasteiger partial charge is 1.00 e. The van der Waals surface area contributed by atoms with Crippen LogP contribution < -0.4 is 29.6 Å². The molecule has 0 spiro atoms. The molecule has 0 saturated carbocycles. The van der Waals surface area contributed by atoms with Crippen molar-refractivity contribution in [1.82, 2.24) is 0 Å². The third kappa shape index (κ3) is 4.24. The molecular formula is C9H13NaS2. The standard InChI is InChI=1S/C9H12S2.Na.H/c10-7-6-9(11)8-4-2-1-3-5-8;;/h1-5,9-11H,6-7H2;;/q;+1;-1. The maximum atomic E-state index is 4.45. The average Bonchev–Trinajstić information content (AvgIpc) is 2.07. The van der Waals surface area contributed by atoms with Crippen molar-refractivity contribution in [3.05, 3.63) is 35.9 Å². The number of rotatable bonds is 3. The molecule has 1 rings (SSSR count). The molecule has 1 unspecified atom stereocenters. The Bertz CT molecular complexity index is 206. The molecule has 0 N–H and O–H groups in total. The zero-order chi connectivity index (χ0) is 8.10. The Kier molecular flexibility index (Phi) is 7.90. The van der Waals surface area contributed by atoms with Gasteiger partial charge in [-0.1, -0.05) is 30.3 Å². The molecular weight excluding hydrogens is 195 g/mol. The van der Waals surface area contributed by atoms with Crippen LogP contribution in [0.25, 0.3) is 0 Å². The van der Waals surface area contributed by atoms with Crippen LogP contribution in [0, 0.1) is 0 Å². The summed E-state index contributed by atoms with van der Waals surface area (Å²) in [6.07, 6.45) is 1.02. The molecule has 0 aliphatic heterocycles. The van der Waals surface area contributed by atoms with E-state index in [-0.39, 0.29) is 31.0 Å². The second-order valence-electron chi connectivity index (χ2n) is 2.44. The van der Waals surface area contributed by atoms with E-state index in [2.05, 4.69) is 37.4 Å². The van der Waals surface area contributed by atoms with Crippen molar-refractivity contribution in [2.75, 3.05) is 5.75 Å². The maximum Gasteiger partial charge on any atom is 1.00 e. The first kappa shape index (κ1) is 12.9. The molecule has 0 fully saturated rings. The quantitative estimate of drug-likeness (QED) is 0.511. The van der Waals surface area contributed by atoms with Crippen molar-refractivity contribution in [2.45, 2.75) is 11.7 Å². The normalized spacial score (nSPS) is 11.8. The van der Waals surface area contributed by atoms with Crippen molar-refractivity contribution >= 4 is 25.3 Å². The Hall–Kier alpha value is 0.920. The topological polar surface area (TPSA) is 0 Å². The van der Waals surface area contributed by atoms with Crippen LogP contribution in [0.1, 0.15) is 18.7 Å². The van der Waals surface area contributed by atoms with Crippen LogP contribution in [0.4, 0.5) is 0 Å². The fourth-order valence-electron chi connectivity index (χ4n) is 0.964. The Morgan fingerprint density at radius 3 is 2.33 bits per heavy atom. The van der Waals surface area contributed by atoms with Gasteiger partial charge in [0.15, 0.2) is 0 Å². The molecule has 3 heteroatoms. The summed E-state index contributed by atoms with van der Waals surface area (Å²) in [7, 11) is 0. The fourth-order valence-corrected chi connectivity index (χ4v) is 1.73. The average molecular weight is 208 g/mol. The van der Waals surface area contributed by atoms with E-state index in [9.17, 15) is 0 Å². The predicted molar refractivity (Wildman–Crippen MR) is 57.8 cm³/mol. The summed E-state index contributed by atoms with van der Waals surface area (Å²) in [6, 6.07) is 10.3. The van der Waals surface area contributed by atoms with Crippen LogP contribution in [0.15, 0.2) is 30.3 Å². The van der Waals surface area contributed by atoms with Crippen LogP contribution in [-0.4, -0.2) is 5.75 Å². The molecule has 0 aliphatic rings. The van der Waals surface area contributed by atoms with Gasteiger partial charge >= 0.3 is 29.6 Å². The zero-order valence-electron chi connectivity index (χ0n) is 8.27. The first-order valence-electron chi connectivity index (χ1n) is 3.68. The van der Waals surface area contributed by atoms with Crippen LogP contribution >= 0.6 is 25.3 Å². The van der Waals surface area contributed by atoms with Gasteiger partial charge in [-0.25, -0.2) is 0 Å². The van der Waals surface area contributed by atoms with Crippen LogP contribution in [0.3, 0.4) is 0 Å². The number of hydrogen-bond acceptors (Lipinski definition) is 2. The van der Waals surface area contributed by atoms with Gasteiger partial charge in [-0.2, -0.15) is 25.3 Å². The van der Waals surface area contributed by atoms with Gasteiger partial charge in [-0.15, -0.1) is 0 Å². The van der Waals surface area contributed by atoms with Gasteiger partial charge in [0.1, 0.15) is 0 Å². The number of hydrogen-bond donors (Lipinski definition) is 2. The smallest absolute Gasteiger partial charge is 1.00 e. The van der Waals surface area contributed by atoms with Gasteiger partial charge in [0, 0.05) is 5.25 Å². The van der Waals surface area contributed by atoms with E-state index in [1.807, 2.05) is 18.2 Å². The second kappa shape index (κ2) is 7.34. The van der Waals surface area contributed by atoms with Crippen molar-refractivity contribution < 1.29 is 31.0 Å². The molecule has 0 aromatic heterocycles. The number of thiol groups is 2. The molecule has 0 aliphatic carbocycles. The van der Waals surface area contributed by atoms with Gasteiger partial charge in [-0.3, -0.25) is 0 Å². The molecule has 1 aromatic carbocycles. The van der Waals surface area contributed by atoms with Crippen molar-refractivity contribution in [1.29, 1.82) is 0 Å². The van der Waals surface area contributed by atoms with E-state index in [1.54, 1.807) is 0 Å². The summed E-state index contributed by atoms with van der Waals surface area (Å²) < 4.78 is 0. The molecule has 0 nitrogen and oxygen atoms in total. The van der Waals surface area contributed by atoms with Crippen LogP contribution in [0.2, 0.25) is 0 Å². The Balaban J connectivity index is 0. The third-order valence-electron chi connectivity index (χ3n) is 1.59. The molecule has 62 valence electrons. The maximum absolute atomic E-state index is 4.45. The van der Waals surface area contributed by atoms with Gasteiger partial charge in [-0.05, 0) is 17.7 Å². The van der Waals surface area contributed by atoms with Crippen LogP contribution in [0.5, 0.6) is 0 Å². The summed E-state index contributed by atoms with van der Waals surface area (Å²) in [4.78, 5) is 0. The zero-order valence-corrected chi connectivity index (χ0v) is 11.1. The van der Waals surface area contributed by atoms with E-state index in [0.717, 1.165) is 12.2 Å². The summed E-state index contributed by atoms with van der Waals surface area (Å²) in [5.41, 5.74) is 1.28. The van der Waals surface area contributed by atoms with Gasteiger partial charge in [0.05, 0.1) is 0 Å². The molecule has 12 heavy (non-hydrogen) atoms. The van der Waals surface area contributed by atoms with Crippen LogP contribution in [-0.2, 0) is 0 Å². The van der Waals surface area contributed by atoms with E-state index in [4.69, 9.17) is 0 Å². The Labute approximate surface area is 109 Å². The summed E-state index contributed by atoms with van der Waals surface area (Å²) in [5.74, 6) is 0.892.